The summed E-state index contributed by atoms with van der Waals surface area (Å²) >= 11 is 7.13. The highest BCUT2D eigenvalue weighted by atomic mass is 35.5. The van der Waals surface area contributed by atoms with E-state index in [9.17, 15) is 9.59 Å². The van der Waals surface area contributed by atoms with Crippen LogP contribution in [0.15, 0.2) is 24.3 Å². The van der Waals surface area contributed by atoms with Gasteiger partial charge in [-0.05, 0) is 36.6 Å². The molecule has 0 saturated carbocycles. The molecule has 0 saturated heterocycles. The highest BCUT2D eigenvalue weighted by Crippen LogP contribution is 2.13. The first-order valence-corrected chi connectivity index (χ1v) is 9.20. The summed E-state index contributed by atoms with van der Waals surface area (Å²) in [7, 11) is 1.77. The van der Waals surface area contributed by atoms with Crippen molar-refractivity contribution in [2.24, 2.45) is 11.7 Å². The van der Waals surface area contributed by atoms with Gasteiger partial charge in [0.15, 0.2) is 5.78 Å². The normalized spacial score (nSPS) is 11.8. The van der Waals surface area contributed by atoms with Crippen LogP contribution in [0.4, 0.5) is 0 Å². The Balaban J connectivity index is 0.00000529. The monoisotopic (exact) mass is 392 g/mol. The molecule has 0 heterocycles. The van der Waals surface area contributed by atoms with Crippen LogP contribution in [0.1, 0.15) is 30.6 Å². The number of carbonyl (C=O) groups is 2. The van der Waals surface area contributed by atoms with Gasteiger partial charge in [0.25, 0.3) is 0 Å². The molecule has 1 aromatic rings. The van der Waals surface area contributed by atoms with E-state index < -0.39 is 0 Å². The lowest BCUT2D eigenvalue weighted by Crippen LogP contribution is -2.35. The molecule has 4 nitrogen and oxygen atoms in total. The molecule has 1 amide bonds. The van der Waals surface area contributed by atoms with E-state index in [0.29, 0.717) is 28.8 Å². The topological polar surface area (TPSA) is 63.4 Å². The first-order chi connectivity index (χ1) is 10.8. The third kappa shape index (κ3) is 8.38. The van der Waals surface area contributed by atoms with Crippen LogP contribution in [0.25, 0.3) is 0 Å². The zero-order valence-electron chi connectivity index (χ0n) is 14.3. The number of rotatable bonds is 9. The number of ketones is 1. The number of benzene rings is 1. The van der Waals surface area contributed by atoms with E-state index in [-0.39, 0.29) is 35.9 Å². The molecule has 0 aliphatic carbocycles. The molecule has 1 unspecified atom stereocenters. The van der Waals surface area contributed by atoms with Gasteiger partial charge in [-0.2, -0.15) is 0 Å². The number of thioether (sulfide) groups is 1. The van der Waals surface area contributed by atoms with Crippen LogP contribution in [0.2, 0.25) is 5.02 Å². The van der Waals surface area contributed by atoms with Gasteiger partial charge in [0.1, 0.15) is 0 Å². The summed E-state index contributed by atoms with van der Waals surface area (Å²) in [5.41, 5.74) is 6.60. The van der Waals surface area contributed by atoms with Crippen molar-refractivity contribution in [3.63, 3.8) is 0 Å². The number of hydrogen-bond donors (Lipinski definition) is 1. The number of Topliss-reactive ketones (excluding diaryl/α,β-unsaturated/α-hetero) is 1. The summed E-state index contributed by atoms with van der Waals surface area (Å²) < 4.78 is 0. The van der Waals surface area contributed by atoms with Crippen molar-refractivity contribution >= 4 is 47.5 Å². The van der Waals surface area contributed by atoms with Gasteiger partial charge in [-0.25, -0.2) is 0 Å². The van der Waals surface area contributed by atoms with Crippen molar-refractivity contribution in [1.82, 2.24) is 4.90 Å². The van der Waals surface area contributed by atoms with Crippen LogP contribution in [-0.2, 0) is 4.79 Å². The molecule has 136 valence electrons. The fourth-order valence-corrected chi connectivity index (χ4v) is 2.84. The summed E-state index contributed by atoms with van der Waals surface area (Å²) in [5, 5.41) is 0.602. The van der Waals surface area contributed by atoms with Crippen molar-refractivity contribution < 1.29 is 9.59 Å². The minimum Gasteiger partial charge on any atom is -0.345 e. The van der Waals surface area contributed by atoms with Crippen molar-refractivity contribution in [3.8, 4) is 0 Å². The van der Waals surface area contributed by atoms with Gasteiger partial charge in [-0.1, -0.05) is 25.4 Å². The number of nitrogens with two attached hydrogens (primary N) is 1. The molecule has 0 aromatic heterocycles. The van der Waals surface area contributed by atoms with Crippen LogP contribution in [0, 0.1) is 5.92 Å². The van der Waals surface area contributed by atoms with Crippen molar-refractivity contribution in [2.75, 3.05) is 25.1 Å². The molecule has 1 aromatic carbocycles. The first-order valence-electron chi connectivity index (χ1n) is 7.67. The molecule has 7 heteroatoms. The van der Waals surface area contributed by atoms with Gasteiger partial charge in [0.2, 0.25) is 5.91 Å². The second-order valence-electron chi connectivity index (χ2n) is 5.93. The zero-order valence-corrected chi connectivity index (χ0v) is 16.7. The van der Waals surface area contributed by atoms with Crippen molar-refractivity contribution in [2.45, 2.75) is 26.3 Å². The molecule has 0 spiro atoms. The van der Waals surface area contributed by atoms with E-state index in [1.54, 1.807) is 36.2 Å². The van der Waals surface area contributed by atoms with Gasteiger partial charge in [0, 0.05) is 30.2 Å². The number of hydrogen-bond acceptors (Lipinski definition) is 4. The fraction of sp³-hybridized carbons (Fsp3) is 0.529. The average Bonchev–Trinajstić information content (AvgIpc) is 2.52. The van der Waals surface area contributed by atoms with E-state index >= 15 is 0 Å². The smallest absolute Gasteiger partial charge is 0.232 e. The molecule has 24 heavy (non-hydrogen) atoms. The standard InChI is InChI=1S/C17H25ClN2O2S.ClH/c1-12(2)15(19)8-9-20(3)17(22)11-23-10-16(21)13-4-6-14(18)7-5-13;/h4-7,12,15H,8-11,19H2,1-3H3;1H. The van der Waals surface area contributed by atoms with Crippen LogP contribution in [0.3, 0.4) is 0 Å². The first kappa shape index (κ1) is 23.2. The Morgan fingerprint density at radius 3 is 2.33 bits per heavy atom. The van der Waals surface area contributed by atoms with Gasteiger partial charge >= 0.3 is 0 Å². The highest BCUT2D eigenvalue weighted by Gasteiger charge is 2.14. The van der Waals surface area contributed by atoms with E-state index in [0.717, 1.165) is 6.42 Å². The summed E-state index contributed by atoms with van der Waals surface area (Å²) in [6.07, 6.45) is 0.786. The minimum absolute atomic E-state index is 0. The summed E-state index contributed by atoms with van der Waals surface area (Å²) in [6.45, 7) is 4.79. The largest absolute Gasteiger partial charge is 0.345 e. The molecule has 2 N–H and O–H groups in total. The predicted molar refractivity (Wildman–Crippen MR) is 105 cm³/mol. The van der Waals surface area contributed by atoms with E-state index in [2.05, 4.69) is 13.8 Å². The third-order valence-electron chi connectivity index (χ3n) is 3.70. The Labute approximate surface area is 159 Å². The Morgan fingerprint density at radius 1 is 1.21 bits per heavy atom. The lowest BCUT2D eigenvalue weighted by molar-refractivity contribution is -0.127. The van der Waals surface area contributed by atoms with Crippen LogP contribution in [-0.4, -0.2) is 47.7 Å². The Bertz CT molecular complexity index is 524. The van der Waals surface area contributed by atoms with Crippen LogP contribution < -0.4 is 5.73 Å². The van der Waals surface area contributed by atoms with Crippen LogP contribution in [0.5, 0.6) is 0 Å². The maximum absolute atomic E-state index is 12.0. The molecule has 1 atom stereocenters. The van der Waals surface area contributed by atoms with Gasteiger partial charge in [0.05, 0.1) is 11.5 Å². The predicted octanol–water partition coefficient (Wildman–Crippen LogP) is 3.51. The Kier molecular flexibility index (Phi) is 11.4. The summed E-state index contributed by atoms with van der Waals surface area (Å²) in [6, 6.07) is 6.88. The van der Waals surface area contributed by atoms with Crippen molar-refractivity contribution in [3.05, 3.63) is 34.9 Å². The van der Waals surface area contributed by atoms with Gasteiger partial charge in [-0.15, -0.1) is 24.2 Å². The minimum atomic E-state index is 0. The van der Waals surface area contributed by atoms with Crippen molar-refractivity contribution in [1.29, 1.82) is 0 Å². The number of halogens is 2. The molecule has 0 fully saturated rings. The molecule has 0 radical (unpaired) electrons. The maximum atomic E-state index is 12.0. The molecular weight excluding hydrogens is 367 g/mol. The number of carbonyl (C=O) groups excluding carboxylic acids is 2. The molecule has 0 bridgehead atoms. The molecular formula is C17H26Cl2N2O2S. The highest BCUT2D eigenvalue weighted by molar-refractivity contribution is 8.00. The van der Waals surface area contributed by atoms with Crippen LogP contribution >= 0.6 is 35.8 Å². The SMILES string of the molecule is CC(C)C(N)CCN(C)C(=O)CSCC(=O)c1ccc(Cl)cc1.Cl. The van der Waals surface area contributed by atoms with E-state index in [1.807, 2.05) is 0 Å². The maximum Gasteiger partial charge on any atom is 0.232 e. The second-order valence-corrected chi connectivity index (χ2v) is 7.36. The Hall–Kier alpha value is -0.750. The second kappa shape index (κ2) is 11.7. The average molecular weight is 393 g/mol. The zero-order chi connectivity index (χ0) is 17.4. The Morgan fingerprint density at radius 2 is 1.79 bits per heavy atom. The van der Waals surface area contributed by atoms with Gasteiger partial charge < -0.3 is 10.6 Å². The van der Waals surface area contributed by atoms with E-state index in [1.165, 1.54) is 11.8 Å². The summed E-state index contributed by atoms with van der Waals surface area (Å²) in [5.74, 6) is 1.02. The molecule has 0 aliphatic heterocycles. The quantitative estimate of drug-likeness (QED) is 0.653. The molecule has 1 rings (SSSR count). The van der Waals surface area contributed by atoms with Gasteiger partial charge in [-0.3, -0.25) is 9.59 Å². The number of nitrogens with zero attached hydrogens (tertiary/aromatic N) is 1. The van der Waals surface area contributed by atoms with E-state index in [4.69, 9.17) is 17.3 Å². The molecule has 0 aliphatic rings. The third-order valence-corrected chi connectivity index (χ3v) is 4.87. The lowest BCUT2D eigenvalue weighted by Gasteiger charge is -2.21. The number of amides is 1. The summed E-state index contributed by atoms with van der Waals surface area (Å²) in [4.78, 5) is 25.7. The fourth-order valence-electron chi connectivity index (χ4n) is 1.86. The lowest BCUT2D eigenvalue weighted by atomic mass is 10.0.